The Morgan fingerprint density at radius 1 is 1.03 bits per heavy atom. The minimum atomic E-state index is -3.93. The van der Waals surface area contributed by atoms with Gasteiger partial charge < -0.3 is 10.0 Å². The van der Waals surface area contributed by atoms with Gasteiger partial charge in [-0.1, -0.05) is 18.2 Å². The molecule has 1 fully saturated rings. The van der Waals surface area contributed by atoms with E-state index >= 15 is 0 Å². The van der Waals surface area contributed by atoms with Gasteiger partial charge in [0.05, 0.1) is 35.1 Å². The van der Waals surface area contributed by atoms with Crippen molar-refractivity contribution in [2.45, 2.75) is 30.3 Å². The summed E-state index contributed by atoms with van der Waals surface area (Å²) in [5.41, 5.74) is 0.163. The minimum absolute atomic E-state index is 0.107. The standard InChI is InChI=1S/C20H25N3O5S/c24-19(15-21-13-5-2-6-14-21)16-22(17-9-11-18(12-10-17)23(25)26)29(27,28)20-7-3-1-4-8-20/h1,3-4,7-12,19,24H,2,5-6,13-16H2/p+1/t19-/m1/s1. The minimum Gasteiger partial charge on any atom is -0.385 e. The highest BCUT2D eigenvalue weighted by atomic mass is 32.2. The molecule has 0 aliphatic carbocycles. The van der Waals surface area contributed by atoms with Crippen molar-refractivity contribution >= 4 is 21.4 Å². The van der Waals surface area contributed by atoms with E-state index in [-0.39, 0.29) is 22.8 Å². The summed E-state index contributed by atoms with van der Waals surface area (Å²) < 4.78 is 27.6. The molecule has 0 spiro atoms. The summed E-state index contributed by atoms with van der Waals surface area (Å²) in [5, 5.41) is 21.6. The van der Waals surface area contributed by atoms with Crippen LogP contribution >= 0.6 is 0 Å². The van der Waals surface area contributed by atoms with Crippen LogP contribution in [0, 0.1) is 10.1 Å². The van der Waals surface area contributed by atoms with Gasteiger partial charge in [0.25, 0.3) is 15.7 Å². The Bertz CT molecular complexity index is 913. The summed E-state index contributed by atoms with van der Waals surface area (Å²) in [6.07, 6.45) is 2.56. The fourth-order valence-corrected chi connectivity index (χ4v) is 5.17. The lowest BCUT2D eigenvalue weighted by Crippen LogP contribution is -3.14. The van der Waals surface area contributed by atoms with Crippen LogP contribution in [0.1, 0.15) is 19.3 Å². The van der Waals surface area contributed by atoms with Gasteiger partial charge in [0.2, 0.25) is 0 Å². The summed E-state index contributed by atoms with van der Waals surface area (Å²) in [6.45, 7) is 2.30. The van der Waals surface area contributed by atoms with Crippen LogP contribution in [0.2, 0.25) is 0 Å². The second kappa shape index (κ2) is 9.34. The number of quaternary nitrogens is 1. The zero-order valence-electron chi connectivity index (χ0n) is 16.1. The Hall–Kier alpha value is -2.49. The van der Waals surface area contributed by atoms with Crippen molar-refractivity contribution in [2.24, 2.45) is 0 Å². The summed E-state index contributed by atoms with van der Waals surface area (Å²) >= 11 is 0. The molecule has 1 aliphatic rings. The number of aliphatic hydroxyl groups is 1. The number of rotatable bonds is 8. The predicted molar refractivity (Wildman–Crippen MR) is 109 cm³/mol. The van der Waals surface area contributed by atoms with Gasteiger partial charge in [0, 0.05) is 12.1 Å². The van der Waals surface area contributed by atoms with Crippen LogP contribution < -0.4 is 9.21 Å². The lowest BCUT2D eigenvalue weighted by molar-refractivity contribution is -0.907. The average molecular weight is 421 g/mol. The van der Waals surface area contributed by atoms with Crippen LogP contribution in [0.25, 0.3) is 0 Å². The molecule has 2 aromatic rings. The van der Waals surface area contributed by atoms with Crippen LogP contribution in [0.5, 0.6) is 0 Å². The van der Waals surface area contributed by atoms with Crippen LogP contribution in [-0.4, -0.2) is 50.7 Å². The number of piperidine rings is 1. The highest BCUT2D eigenvalue weighted by Gasteiger charge is 2.29. The van der Waals surface area contributed by atoms with Crippen molar-refractivity contribution in [3.05, 3.63) is 64.7 Å². The molecule has 2 aromatic carbocycles. The fraction of sp³-hybridized carbons (Fsp3) is 0.400. The third-order valence-electron chi connectivity index (χ3n) is 5.14. The van der Waals surface area contributed by atoms with Gasteiger partial charge in [-0.3, -0.25) is 14.4 Å². The summed E-state index contributed by atoms with van der Waals surface area (Å²) in [7, 11) is -3.93. The highest BCUT2D eigenvalue weighted by Crippen LogP contribution is 2.26. The molecule has 1 saturated heterocycles. The second-order valence-electron chi connectivity index (χ2n) is 7.29. The Labute approximate surface area is 170 Å². The van der Waals surface area contributed by atoms with Crippen molar-refractivity contribution in [1.82, 2.24) is 0 Å². The van der Waals surface area contributed by atoms with Crippen LogP contribution in [0.15, 0.2) is 59.5 Å². The third kappa shape index (κ3) is 5.31. The quantitative estimate of drug-likeness (QED) is 0.494. The topological polar surface area (TPSA) is 105 Å². The number of nitro groups is 1. The Morgan fingerprint density at radius 2 is 1.66 bits per heavy atom. The van der Waals surface area contributed by atoms with Gasteiger partial charge in [0.15, 0.2) is 0 Å². The molecule has 0 unspecified atom stereocenters. The molecule has 0 amide bonds. The molecule has 29 heavy (non-hydrogen) atoms. The molecule has 1 atom stereocenters. The summed E-state index contributed by atoms with van der Waals surface area (Å²) in [6, 6.07) is 13.3. The molecule has 2 N–H and O–H groups in total. The zero-order chi connectivity index (χ0) is 20.9. The van der Waals surface area contributed by atoms with E-state index in [9.17, 15) is 23.6 Å². The van der Waals surface area contributed by atoms with Crippen molar-refractivity contribution in [3.8, 4) is 0 Å². The Kier molecular flexibility index (Phi) is 6.83. The predicted octanol–water partition coefficient (Wildman–Crippen LogP) is 1.22. The van der Waals surface area contributed by atoms with Crippen molar-refractivity contribution in [3.63, 3.8) is 0 Å². The normalized spacial score (nSPS) is 16.3. The second-order valence-corrected chi connectivity index (χ2v) is 9.15. The molecule has 0 saturated carbocycles. The van der Waals surface area contributed by atoms with Crippen LogP contribution in [-0.2, 0) is 10.0 Å². The maximum Gasteiger partial charge on any atom is 0.269 e. The Balaban J connectivity index is 1.87. The third-order valence-corrected chi connectivity index (χ3v) is 6.95. The van der Waals surface area contributed by atoms with Crippen molar-refractivity contribution in [1.29, 1.82) is 0 Å². The zero-order valence-corrected chi connectivity index (χ0v) is 16.9. The highest BCUT2D eigenvalue weighted by molar-refractivity contribution is 7.92. The number of nitrogens with zero attached hydrogens (tertiary/aromatic N) is 2. The van der Waals surface area contributed by atoms with Gasteiger partial charge >= 0.3 is 0 Å². The van der Waals surface area contributed by atoms with Crippen LogP contribution in [0.4, 0.5) is 11.4 Å². The first-order chi connectivity index (χ1) is 13.9. The monoisotopic (exact) mass is 420 g/mol. The molecule has 156 valence electrons. The number of aliphatic hydroxyl groups excluding tert-OH is 1. The van der Waals surface area contributed by atoms with Crippen LogP contribution in [0.3, 0.4) is 0 Å². The molecular weight excluding hydrogens is 394 g/mol. The molecule has 8 nitrogen and oxygen atoms in total. The summed E-state index contributed by atoms with van der Waals surface area (Å²) in [5.74, 6) is 0. The Morgan fingerprint density at radius 3 is 2.24 bits per heavy atom. The summed E-state index contributed by atoms with van der Waals surface area (Å²) in [4.78, 5) is 11.8. The van der Waals surface area contributed by atoms with Crippen molar-refractivity contribution in [2.75, 3.05) is 30.5 Å². The molecular formula is C20H26N3O5S+. The number of hydrogen-bond acceptors (Lipinski definition) is 5. The van der Waals surface area contributed by atoms with E-state index in [0.29, 0.717) is 6.54 Å². The van der Waals surface area contributed by atoms with E-state index in [1.165, 1.54) is 47.7 Å². The molecule has 0 aromatic heterocycles. The number of likely N-dealkylation sites (tertiary alicyclic amines) is 1. The fourth-order valence-electron chi connectivity index (χ4n) is 3.65. The molecule has 1 heterocycles. The molecule has 3 rings (SSSR count). The van der Waals surface area contributed by atoms with E-state index < -0.39 is 21.1 Å². The van der Waals surface area contributed by atoms with Gasteiger partial charge in [-0.25, -0.2) is 8.42 Å². The number of hydrogen-bond donors (Lipinski definition) is 2. The number of anilines is 1. The lowest BCUT2D eigenvalue weighted by atomic mass is 10.1. The first-order valence-corrected chi connectivity index (χ1v) is 11.2. The van der Waals surface area contributed by atoms with E-state index in [1.54, 1.807) is 18.2 Å². The maximum absolute atomic E-state index is 13.3. The number of nitrogens with one attached hydrogen (secondary N) is 1. The van der Waals surface area contributed by atoms with E-state index in [4.69, 9.17) is 0 Å². The maximum atomic E-state index is 13.3. The lowest BCUT2D eigenvalue weighted by Gasteiger charge is -2.30. The number of nitro benzene ring substituents is 1. The van der Waals surface area contributed by atoms with Gasteiger partial charge in [-0.2, -0.15) is 0 Å². The largest absolute Gasteiger partial charge is 0.385 e. The first kappa shape index (κ1) is 21.2. The van der Waals surface area contributed by atoms with E-state index in [1.807, 2.05) is 0 Å². The van der Waals surface area contributed by atoms with E-state index in [2.05, 4.69) is 0 Å². The van der Waals surface area contributed by atoms with Gasteiger partial charge in [-0.05, 0) is 43.5 Å². The van der Waals surface area contributed by atoms with E-state index in [0.717, 1.165) is 30.2 Å². The SMILES string of the molecule is O=[N+]([O-])c1ccc(N(C[C@H](O)C[NH+]2CCCCC2)S(=O)(=O)c2ccccc2)cc1. The molecule has 0 radical (unpaired) electrons. The molecule has 9 heteroatoms. The molecule has 0 bridgehead atoms. The number of sulfonamides is 1. The van der Waals surface area contributed by atoms with Crippen molar-refractivity contribution < 1.29 is 23.3 Å². The average Bonchev–Trinajstić information content (AvgIpc) is 2.73. The number of benzene rings is 2. The van der Waals surface area contributed by atoms with Gasteiger partial charge in [-0.15, -0.1) is 0 Å². The van der Waals surface area contributed by atoms with Gasteiger partial charge in [0.1, 0.15) is 12.6 Å². The smallest absolute Gasteiger partial charge is 0.269 e. The molecule has 1 aliphatic heterocycles. The first-order valence-electron chi connectivity index (χ1n) is 9.72. The number of non-ortho nitro benzene ring substituents is 1.